The first-order valence-corrected chi connectivity index (χ1v) is 17.1. The second-order valence-corrected chi connectivity index (χ2v) is 14.3. The van der Waals surface area contributed by atoms with E-state index in [1.165, 1.54) is 82.6 Å². The number of hydrogen-bond acceptors (Lipinski definition) is 1. The highest BCUT2D eigenvalue weighted by Crippen LogP contribution is 2.50. The molecule has 0 spiro atoms. The number of hydrogen-bond donors (Lipinski definition) is 0. The molecule has 3 heteroatoms. The largest absolute Gasteiger partial charge is 0.486 e. The predicted octanol–water partition coefficient (Wildman–Crippen LogP) is 11.4. The number of halogens is 2. The lowest BCUT2D eigenvalue weighted by atomic mass is 9.60. The first-order valence-electron chi connectivity index (χ1n) is 17.1. The Balaban J connectivity index is 1.07. The Morgan fingerprint density at radius 3 is 2.12 bits per heavy atom. The van der Waals surface area contributed by atoms with Gasteiger partial charge in [0, 0.05) is 0 Å². The third-order valence-corrected chi connectivity index (χ3v) is 11.1. The zero-order chi connectivity index (χ0) is 28.8. The molecule has 1 nitrogen and oxygen atoms in total. The lowest BCUT2D eigenvalue weighted by molar-refractivity contribution is 0.0618. The zero-order valence-corrected chi connectivity index (χ0v) is 26.0. The molecule has 0 aromatic heterocycles. The maximum atomic E-state index is 14.6. The van der Waals surface area contributed by atoms with Gasteiger partial charge in [0.05, 0.1) is 0 Å². The molecule has 0 N–H and O–H groups in total. The van der Waals surface area contributed by atoms with Crippen molar-refractivity contribution < 1.29 is 13.5 Å². The van der Waals surface area contributed by atoms with Gasteiger partial charge in [0.2, 0.25) is 5.82 Å². The van der Waals surface area contributed by atoms with E-state index in [1.807, 2.05) is 0 Å². The Morgan fingerprint density at radius 2 is 1.41 bits per heavy atom. The maximum absolute atomic E-state index is 14.6. The van der Waals surface area contributed by atoms with Crippen LogP contribution in [0.15, 0.2) is 36.4 Å². The van der Waals surface area contributed by atoms with Crippen molar-refractivity contribution in [3.05, 3.63) is 64.7 Å². The highest BCUT2D eigenvalue weighted by atomic mass is 19.2. The average Bonchev–Trinajstić information content (AvgIpc) is 2.99. The van der Waals surface area contributed by atoms with E-state index in [-0.39, 0.29) is 12.4 Å². The van der Waals surface area contributed by atoms with Gasteiger partial charge < -0.3 is 4.74 Å². The molecule has 3 fully saturated rings. The summed E-state index contributed by atoms with van der Waals surface area (Å²) in [5, 5.41) is 0. The topological polar surface area (TPSA) is 9.23 Å². The lowest BCUT2D eigenvalue weighted by Crippen LogP contribution is -2.34. The van der Waals surface area contributed by atoms with Crippen LogP contribution in [0.1, 0.15) is 133 Å². The summed E-state index contributed by atoms with van der Waals surface area (Å²) in [4.78, 5) is 0. The van der Waals surface area contributed by atoms with Gasteiger partial charge in [0.25, 0.3) is 0 Å². The Kier molecular flexibility index (Phi) is 10.8. The molecule has 0 aliphatic heterocycles. The maximum Gasteiger partial charge on any atom is 0.200 e. The van der Waals surface area contributed by atoms with Crippen LogP contribution >= 0.6 is 0 Å². The van der Waals surface area contributed by atoms with Gasteiger partial charge in [-0.1, -0.05) is 76.8 Å². The van der Waals surface area contributed by atoms with Gasteiger partial charge in [-0.15, -0.1) is 0 Å². The zero-order valence-electron chi connectivity index (χ0n) is 26.0. The van der Waals surface area contributed by atoms with E-state index in [0.717, 1.165) is 48.0 Å². The minimum Gasteiger partial charge on any atom is -0.486 e. The van der Waals surface area contributed by atoms with Crippen molar-refractivity contribution in [2.75, 3.05) is 0 Å². The van der Waals surface area contributed by atoms with E-state index >= 15 is 0 Å². The fourth-order valence-corrected chi connectivity index (χ4v) is 8.67. The van der Waals surface area contributed by atoms with Gasteiger partial charge >= 0.3 is 0 Å². The molecule has 3 saturated carbocycles. The summed E-state index contributed by atoms with van der Waals surface area (Å²) in [6.07, 6.45) is 19.6. The van der Waals surface area contributed by atoms with Crippen LogP contribution in [0.3, 0.4) is 0 Å². The first-order chi connectivity index (χ1) is 19.9. The lowest BCUT2D eigenvalue weighted by Gasteiger charge is -2.45. The predicted molar refractivity (Wildman–Crippen MR) is 166 cm³/mol. The minimum absolute atomic E-state index is 0.000505. The first kappa shape index (κ1) is 30.6. The summed E-state index contributed by atoms with van der Waals surface area (Å²) in [6, 6.07) is 11.9. The van der Waals surface area contributed by atoms with Crippen molar-refractivity contribution in [2.24, 2.45) is 35.5 Å². The number of aryl methyl sites for hydroxylation is 1. The van der Waals surface area contributed by atoms with Crippen molar-refractivity contribution in [3.8, 4) is 5.75 Å². The van der Waals surface area contributed by atoms with Crippen molar-refractivity contribution in [3.63, 3.8) is 0 Å². The molecule has 4 unspecified atom stereocenters. The normalized spacial score (nSPS) is 28.4. The molecule has 0 bridgehead atoms. The Hall–Kier alpha value is -1.90. The summed E-state index contributed by atoms with van der Waals surface area (Å²) in [5.74, 6) is 4.57. The number of benzene rings is 2. The summed E-state index contributed by atoms with van der Waals surface area (Å²) < 4.78 is 34.9. The molecule has 2 aromatic rings. The monoisotopic (exact) mass is 564 g/mol. The molecule has 0 amide bonds. The molecular formula is C38H54F2O. The molecule has 0 radical (unpaired) electrons. The van der Waals surface area contributed by atoms with E-state index in [2.05, 4.69) is 45.0 Å². The smallest absolute Gasteiger partial charge is 0.200 e. The van der Waals surface area contributed by atoms with Crippen molar-refractivity contribution in [1.29, 1.82) is 0 Å². The summed E-state index contributed by atoms with van der Waals surface area (Å²) >= 11 is 0. The van der Waals surface area contributed by atoms with Gasteiger partial charge in [0.1, 0.15) is 6.61 Å². The van der Waals surface area contributed by atoms with E-state index < -0.39 is 11.6 Å². The molecule has 3 aliphatic carbocycles. The SMILES string of the molecule is CCCC1CCC2CC(C3CCC(c4ccc(COc5ccc(CCCC(C)C)c(F)c5F)cc4)CC3)CCC2C1. The van der Waals surface area contributed by atoms with Crippen molar-refractivity contribution >= 4 is 0 Å². The Morgan fingerprint density at radius 1 is 0.756 bits per heavy atom. The highest BCUT2D eigenvalue weighted by Gasteiger charge is 2.38. The standard InChI is InChI=1S/C38H54F2O/c1-4-6-27-9-14-35-24-34(20-19-33(35)23-27)31-17-15-30(16-18-31)29-12-10-28(11-13-29)25-41-36-22-21-32(37(39)38(36)40)8-5-7-26(2)3/h10-13,21-22,26-27,30-31,33-35H,4-9,14-20,23-25H2,1-3H3. The number of fused-ring (bicyclic) bond motifs is 1. The van der Waals surface area contributed by atoms with Gasteiger partial charge in [0.15, 0.2) is 11.6 Å². The third-order valence-electron chi connectivity index (χ3n) is 11.1. The van der Waals surface area contributed by atoms with E-state index in [9.17, 15) is 8.78 Å². The van der Waals surface area contributed by atoms with Crippen molar-refractivity contribution in [2.45, 2.75) is 130 Å². The molecule has 0 heterocycles. The molecule has 5 rings (SSSR count). The van der Waals surface area contributed by atoms with Gasteiger partial charge in [-0.2, -0.15) is 4.39 Å². The summed E-state index contributed by atoms with van der Waals surface area (Å²) in [5.41, 5.74) is 2.86. The van der Waals surface area contributed by atoms with Gasteiger partial charge in [-0.3, -0.25) is 0 Å². The third kappa shape index (κ3) is 7.94. The second-order valence-electron chi connectivity index (χ2n) is 14.3. The molecule has 226 valence electrons. The van der Waals surface area contributed by atoms with E-state index in [0.29, 0.717) is 23.8 Å². The molecule has 41 heavy (non-hydrogen) atoms. The summed E-state index contributed by atoms with van der Waals surface area (Å²) in [7, 11) is 0. The van der Waals surface area contributed by atoms with Crippen LogP contribution in [0, 0.1) is 47.1 Å². The van der Waals surface area contributed by atoms with Crippen LogP contribution in [-0.4, -0.2) is 0 Å². The average molecular weight is 565 g/mol. The Labute approximate surface area is 248 Å². The van der Waals surface area contributed by atoms with Crippen LogP contribution in [0.4, 0.5) is 8.78 Å². The minimum atomic E-state index is -0.863. The Bertz CT molecular complexity index is 1080. The van der Waals surface area contributed by atoms with Crippen LogP contribution in [0.5, 0.6) is 5.75 Å². The highest BCUT2D eigenvalue weighted by molar-refractivity contribution is 5.32. The molecule has 3 aliphatic rings. The van der Waals surface area contributed by atoms with Gasteiger partial charge in [-0.05, 0) is 135 Å². The molecule has 4 atom stereocenters. The van der Waals surface area contributed by atoms with Crippen LogP contribution in [-0.2, 0) is 13.0 Å². The summed E-state index contributed by atoms with van der Waals surface area (Å²) in [6.45, 7) is 6.90. The van der Waals surface area contributed by atoms with E-state index in [4.69, 9.17) is 4.74 Å². The number of ether oxygens (including phenoxy) is 1. The van der Waals surface area contributed by atoms with Gasteiger partial charge in [-0.25, -0.2) is 4.39 Å². The second kappa shape index (κ2) is 14.5. The quantitative estimate of drug-likeness (QED) is 0.264. The van der Waals surface area contributed by atoms with Crippen LogP contribution in [0.2, 0.25) is 0 Å². The molecule has 0 saturated heterocycles. The van der Waals surface area contributed by atoms with Crippen LogP contribution < -0.4 is 4.74 Å². The van der Waals surface area contributed by atoms with E-state index in [1.54, 1.807) is 12.1 Å². The van der Waals surface area contributed by atoms with Crippen molar-refractivity contribution in [1.82, 2.24) is 0 Å². The number of rotatable bonds is 11. The molecule has 2 aromatic carbocycles. The fourth-order valence-electron chi connectivity index (χ4n) is 8.67. The van der Waals surface area contributed by atoms with Crippen LogP contribution in [0.25, 0.3) is 0 Å². The fraction of sp³-hybridized carbons (Fsp3) is 0.684. The molecular weight excluding hydrogens is 510 g/mol.